The van der Waals surface area contributed by atoms with Crippen LogP contribution >= 0.6 is 11.3 Å². The Morgan fingerprint density at radius 2 is 1.76 bits per heavy atom. The van der Waals surface area contributed by atoms with E-state index in [1.807, 2.05) is 54.6 Å². The second-order valence-corrected chi connectivity index (χ2v) is 8.84. The molecule has 1 N–H and O–H groups in total. The van der Waals surface area contributed by atoms with Crippen molar-refractivity contribution in [1.29, 1.82) is 0 Å². The molecule has 2 heterocycles. The van der Waals surface area contributed by atoms with Gasteiger partial charge in [-0.1, -0.05) is 42.5 Å². The average molecular weight is 466 g/mol. The molecule has 1 aliphatic heterocycles. The van der Waals surface area contributed by atoms with E-state index in [-0.39, 0.29) is 18.9 Å². The standard InChI is InChI=1S/C25H27N3O4S/c1-31-20-13-7-6-12-19(20)26-25-27-24(18-10-4-2-5-11-18)21(33-25)16-23(30)32-17-22(29)28-14-8-3-9-15-28/h2,4-7,10-13H,3,8-9,14-17H2,1H3,(H,26,27). The number of methoxy groups -OCH3 is 1. The first-order chi connectivity index (χ1) is 16.1. The molecule has 1 saturated heterocycles. The molecule has 8 heteroatoms. The average Bonchev–Trinajstić information content (AvgIpc) is 3.25. The van der Waals surface area contributed by atoms with Gasteiger partial charge in [0.1, 0.15) is 5.75 Å². The Kier molecular flexibility index (Phi) is 7.57. The van der Waals surface area contributed by atoms with Gasteiger partial charge in [0, 0.05) is 23.5 Å². The minimum Gasteiger partial charge on any atom is -0.495 e. The van der Waals surface area contributed by atoms with Gasteiger partial charge in [0.05, 0.1) is 24.9 Å². The molecule has 1 aliphatic rings. The third-order valence-corrected chi connectivity index (χ3v) is 6.43. The highest BCUT2D eigenvalue weighted by molar-refractivity contribution is 7.16. The fourth-order valence-electron chi connectivity index (χ4n) is 3.77. The maximum absolute atomic E-state index is 12.6. The van der Waals surface area contributed by atoms with Gasteiger partial charge in [-0.25, -0.2) is 4.98 Å². The lowest BCUT2D eigenvalue weighted by Crippen LogP contribution is -2.38. The van der Waals surface area contributed by atoms with Crippen LogP contribution in [0.4, 0.5) is 10.8 Å². The number of hydrogen-bond donors (Lipinski definition) is 1. The molecular weight excluding hydrogens is 438 g/mol. The summed E-state index contributed by atoms with van der Waals surface area (Å²) in [5.41, 5.74) is 2.42. The van der Waals surface area contributed by atoms with E-state index in [2.05, 4.69) is 5.32 Å². The molecule has 1 amide bonds. The summed E-state index contributed by atoms with van der Waals surface area (Å²) in [6.45, 7) is 1.26. The van der Waals surface area contributed by atoms with Crippen LogP contribution in [0.2, 0.25) is 0 Å². The van der Waals surface area contributed by atoms with Crippen LogP contribution < -0.4 is 10.1 Å². The number of aromatic nitrogens is 1. The SMILES string of the molecule is COc1ccccc1Nc1nc(-c2ccccc2)c(CC(=O)OCC(=O)N2CCCCC2)s1. The first-order valence-electron chi connectivity index (χ1n) is 11.0. The van der Waals surface area contributed by atoms with E-state index in [0.717, 1.165) is 54.2 Å². The van der Waals surface area contributed by atoms with Gasteiger partial charge in [-0.15, -0.1) is 11.3 Å². The topological polar surface area (TPSA) is 80.8 Å². The lowest BCUT2D eigenvalue weighted by atomic mass is 10.1. The molecule has 0 saturated carbocycles. The van der Waals surface area contributed by atoms with Crippen LogP contribution in [0, 0.1) is 0 Å². The zero-order valence-corrected chi connectivity index (χ0v) is 19.4. The van der Waals surface area contributed by atoms with Gasteiger partial charge in [0.2, 0.25) is 0 Å². The Morgan fingerprint density at radius 3 is 2.52 bits per heavy atom. The number of ether oxygens (including phenoxy) is 2. The van der Waals surface area contributed by atoms with E-state index < -0.39 is 5.97 Å². The highest BCUT2D eigenvalue weighted by Gasteiger charge is 2.21. The largest absolute Gasteiger partial charge is 0.495 e. The smallest absolute Gasteiger partial charge is 0.311 e. The zero-order valence-electron chi connectivity index (χ0n) is 18.6. The molecule has 0 aliphatic carbocycles. The fraction of sp³-hybridized carbons (Fsp3) is 0.320. The molecular formula is C25H27N3O4S. The van der Waals surface area contributed by atoms with Gasteiger partial charge in [-0.3, -0.25) is 9.59 Å². The number of hydrogen-bond acceptors (Lipinski definition) is 7. The van der Waals surface area contributed by atoms with Crippen molar-refractivity contribution in [3.63, 3.8) is 0 Å². The Bertz CT molecular complexity index is 1090. The molecule has 0 spiro atoms. The van der Waals surface area contributed by atoms with Gasteiger partial charge in [0.25, 0.3) is 5.91 Å². The number of anilines is 2. The second kappa shape index (κ2) is 11.0. The van der Waals surface area contributed by atoms with Crippen molar-refractivity contribution in [2.45, 2.75) is 25.7 Å². The van der Waals surface area contributed by atoms with Crippen LogP contribution in [-0.2, 0) is 20.7 Å². The summed E-state index contributed by atoms with van der Waals surface area (Å²) in [5.74, 6) is 0.130. The molecule has 0 radical (unpaired) electrons. The number of carbonyl (C=O) groups is 2. The van der Waals surface area contributed by atoms with E-state index in [1.165, 1.54) is 11.3 Å². The molecule has 7 nitrogen and oxygen atoms in total. The number of para-hydroxylation sites is 2. The van der Waals surface area contributed by atoms with Crippen molar-refractivity contribution >= 4 is 34.0 Å². The zero-order chi connectivity index (χ0) is 23.0. The van der Waals surface area contributed by atoms with Gasteiger partial charge in [-0.2, -0.15) is 0 Å². The number of carbonyl (C=O) groups excluding carboxylic acids is 2. The van der Waals surface area contributed by atoms with Crippen molar-refractivity contribution in [2.75, 3.05) is 32.1 Å². The van der Waals surface area contributed by atoms with Gasteiger partial charge >= 0.3 is 5.97 Å². The van der Waals surface area contributed by atoms with Gasteiger partial charge < -0.3 is 19.7 Å². The first-order valence-corrected chi connectivity index (χ1v) is 11.8. The first kappa shape index (κ1) is 22.8. The minimum absolute atomic E-state index is 0.0444. The number of benzene rings is 2. The third-order valence-electron chi connectivity index (χ3n) is 5.46. The van der Waals surface area contributed by atoms with Crippen molar-refractivity contribution in [3.8, 4) is 17.0 Å². The lowest BCUT2D eigenvalue weighted by molar-refractivity contribution is -0.151. The van der Waals surface area contributed by atoms with Crippen LogP contribution in [0.3, 0.4) is 0 Å². The van der Waals surface area contributed by atoms with Crippen LogP contribution in [0.5, 0.6) is 5.75 Å². The molecule has 4 rings (SSSR count). The highest BCUT2D eigenvalue weighted by atomic mass is 32.1. The number of rotatable bonds is 8. The number of piperidine rings is 1. The minimum atomic E-state index is -0.440. The molecule has 3 aromatic rings. The summed E-state index contributed by atoms with van der Waals surface area (Å²) in [4.78, 5) is 32.2. The Labute approximate surface area is 197 Å². The number of nitrogens with zero attached hydrogens (tertiary/aromatic N) is 2. The summed E-state index contributed by atoms with van der Waals surface area (Å²) in [7, 11) is 1.62. The normalized spacial score (nSPS) is 13.4. The maximum atomic E-state index is 12.6. The second-order valence-electron chi connectivity index (χ2n) is 7.76. The summed E-state index contributed by atoms with van der Waals surface area (Å²) in [6, 6.07) is 17.3. The summed E-state index contributed by atoms with van der Waals surface area (Å²) in [6.07, 6.45) is 3.19. The molecule has 172 valence electrons. The monoisotopic (exact) mass is 465 g/mol. The highest BCUT2D eigenvalue weighted by Crippen LogP contribution is 2.35. The molecule has 1 aromatic heterocycles. The molecule has 0 unspecified atom stereocenters. The number of nitrogens with one attached hydrogen (secondary N) is 1. The summed E-state index contributed by atoms with van der Waals surface area (Å²) < 4.78 is 10.7. The van der Waals surface area contributed by atoms with E-state index in [0.29, 0.717) is 10.9 Å². The molecule has 33 heavy (non-hydrogen) atoms. The molecule has 2 aromatic carbocycles. The lowest BCUT2D eigenvalue weighted by Gasteiger charge is -2.26. The van der Waals surface area contributed by atoms with E-state index >= 15 is 0 Å². The van der Waals surface area contributed by atoms with Gasteiger partial charge in [-0.05, 0) is 31.4 Å². The Morgan fingerprint density at radius 1 is 1.03 bits per heavy atom. The Balaban J connectivity index is 1.48. The fourth-order valence-corrected chi connectivity index (χ4v) is 4.75. The van der Waals surface area contributed by atoms with Crippen LogP contribution in [0.25, 0.3) is 11.3 Å². The Hall–Kier alpha value is -3.39. The van der Waals surface area contributed by atoms with E-state index in [4.69, 9.17) is 14.5 Å². The van der Waals surface area contributed by atoms with E-state index in [9.17, 15) is 9.59 Å². The van der Waals surface area contributed by atoms with Crippen LogP contribution in [-0.4, -0.2) is 48.6 Å². The number of esters is 1. The third kappa shape index (κ3) is 5.90. The van der Waals surface area contributed by atoms with E-state index in [1.54, 1.807) is 12.0 Å². The van der Waals surface area contributed by atoms with Gasteiger partial charge in [0.15, 0.2) is 11.7 Å². The van der Waals surface area contributed by atoms with Crippen molar-refractivity contribution in [2.24, 2.45) is 0 Å². The van der Waals surface area contributed by atoms with Crippen LogP contribution in [0.15, 0.2) is 54.6 Å². The predicted molar refractivity (Wildman–Crippen MR) is 129 cm³/mol. The predicted octanol–water partition coefficient (Wildman–Crippen LogP) is 4.66. The summed E-state index contributed by atoms with van der Waals surface area (Å²) in [5, 5.41) is 3.93. The molecule has 1 fully saturated rings. The van der Waals surface area contributed by atoms with Crippen LogP contribution in [0.1, 0.15) is 24.1 Å². The number of thiazole rings is 1. The van der Waals surface area contributed by atoms with Crippen molar-refractivity contribution in [1.82, 2.24) is 9.88 Å². The molecule has 0 bridgehead atoms. The van der Waals surface area contributed by atoms with Crippen molar-refractivity contribution in [3.05, 3.63) is 59.5 Å². The number of likely N-dealkylation sites (tertiary alicyclic amines) is 1. The number of amides is 1. The quantitative estimate of drug-likeness (QED) is 0.488. The van der Waals surface area contributed by atoms with Crippen molar-refractivity contribution < 1.29 is 19.1 Å². The summed E-state index contributed by atoms with van der Waals surface area (Å²) >= 11 is 1.39. The molecule has 0 atom stereocenters. The maximum Gasteiger partial charge on any atom is 0.311 e.